The fourth-order valence-corrected chi connectivity index (χ4v) is 3.03. The van der Waals surface area contributed by atoms with E-state index in [-0.39, 0.29) is 12.2 Å². The van der Waals surface area contributed by atoms with Gasteiger partial charge in [0.2, 0.25) is 0 Å². The van der Waals surface area contributed by atoms with Gasteiger partial charge in [0.15, 0.2) is 0 Å². The van der Waals surface area contributed by atoms with Gasteiger partial charge in [-0.15, -0.1) is 0 Å². The maximum Gasteiger partial charge on any atom is 0.407 e. The summed E-state index contributed by atoms with van der Waals surface area (Å²) < 4.78 is 15.8. The van der Waals surface area contributed by atoms with E-state index in [9.17, 15) is 9.59 Å². The van der Waals surface area contributed by atoms with Gasteiger partial charge < -0.3 is 24.8 Å². The van der Waals surface area contributed by atoms with Crippen LogP contribution in [0.3, 0.4) is 0 Å². The van der Waals surface area contributed by atoms with Gasteiger partial charge in [0, 0.05) is 26.3 Å². The molecule has 0 rings (SSSR count). The highest BCUT2D eigenvalue weighted by atomic mass is 16.6. The minimum Gasteiger partial charge on any atom is -0.450 e. The smallest absolute Gasteiger partial charge is 0.407 e. The largest absolute Gasteiger partial charge is 0.450 e. The van der Waals surface area contributed by atoms with Gasteiger partial charge in [-0.1, -0.05) is 78.1 Å². The average Bonchev–Trinajstić information content (AvgIpc) is 2.76. The van der Waals surface area contributed by atoms with Crippen molar-refractivity contribution in [2.45, 2.75) is 104 Å². The lowest BCUT2D eigenvalue weighted by atomic mass is 10.1. The lowest BCUT2D eigenvalue weighted by Gasteiger charge is -2.08. The van der Waals surface area contributed by atoms with Crippen LogP contribution in [0.2, 0.25) is 0 Å². The van der Waals surface area contributed by atoms with Crippen molar-refractivity contribution in [2.24, 2.45) is 0 Å². The molecule has 7 nitrogen and oxygen atoms in total. The second-order valence-electron chi connectivity index (χ2n) is 7.98. The SMILES string of the molecule is CCCCCCCCOC(=O)NCCCOCCCNC(=O)OCCCCCCCC. The topological polar surface area (TPSA) is 85.9 Å². The molecular formula is C24H48N2O5. The molecule has 0 aliphatic heterocycles. The molecule has 0 saturated carbocycles. The van der Waals surface area contributed by atoms with Crippen LogP contribution in [-0.4, -0.2) is 51.7 Å². The minimum absolute atomic E-state index is 0.350. The Bertz CT molecular complexity index is 371. The standard InChI is InChI=1S/C24H48N2O5/c1-3-5-7-9-11-13-21-30-23(27)25-17-15-19-29-20-16-18-26-24(28)31-22-14-12-10-8-6-4-2/h3-22H2,1-2H3,(H,25,27)(H,26,28). The second-order valence-corrected chi connectivity index (χ2v) is 7.98. The molecular weight excluding hydrogens is 396 g/mol. The van der Waals surface area contributed by atoms with Crippen molar-refractivity contribution < 1.29 is 23.8 Å². The number of ether oxygens (including phenoxy) is 3. The van der Waals surface area contributed by atoms with E-state index in [1.54, 1.807) is 0 Å². The van der Waals surface area contributed by atoms with E-state index >= 15 is 0 Å². The van der Waals surface area contributed by atoms with Crippen LogP contribution in [0.5, 0.6) is 0 Å². The summed E-state index contributed by atoms with van der Waals surface area (Å²) in [7, 11) is 0. The van der Waals surface area contributed by atoms with Crippen LogP contribution in [0, 0.1) is 0 Å². The van der Waals surface area contributed by atoms with E-state index in [2.05, 4.69) is 24.5 Å². The zero-order chi connectivity index (χ0) is 22.8. The van der Waals surface area contributed by atoms with Crippen LogP contribution in [0.15, 0.2) is 0 Å². The summed E-state index contributed by atoms with van der Waals surface area (Å²) in [6, 6.07) is 0. The summed E-state index contributed by atoms with van der Waals surface area (Å²) in [6.45, 7) is 7.60. The first-order valence-corrected chi connectivity index (χ1v) is 12.6. The van der Waals surface area contributed by atoms with Crippen molar-refractivity contribution in [3.8, 4) is 0 Å². The second kappa shape index (κ2) is 24.8. The van der Waals surface area contributed by atoms with Gasteiger partial charge in [0.25, 0.3) is 0 Å². The Labute approximate surface area is 190 Å². The Morgan fingerprint density at radius 3 is 1.32 bits per heavy atom. The summed E-state index contributed by atoms with van der Waals surface area (Å²) in [4.78, 5) is 23.1. The fourth-order valence-electron chi connectivity index (χ4n) is 3.03. The van der Waals surface area contributed by atoms with Crippen molar-refractivity contribution in [2.75, 3.05) is 39.5 Å². The van der Waals surface area contributed by atoms with Crippen LogP contribution in [0.1, 0.15) is 104 Å². The van der Waals surface area contributed by atoms with E-state index in [1.807, 2.05) is 0 Å². The Morgan fingerprint density at radius 1 is 0.516 bits per heavy atom. The molecule has 0 aromatic carbocycles. The molecule has 0 aromatic rings. The van der Waals surface area contributed by atoms with Crippen molar-refractivity contribution in [1.29, 1.82) is 0 Å². The molecule has 2 N–H and O–H groups in total. The van der Waals surface area contributed by atoms with Crippen LogP contribution in [-0.2, 0) is 14.2 Å². The summed E-state index contributed by atoms with van der Waals surface area (Å²) in [5, 5.41) is 5.47. The number of hydrogen-bond acceptors (Lipinski definition) is 5. The van der Waals surface area contributed by atoms with E-state index in [0.29, 0.717) is 39.5 Å². The van der Waals surface area contributed by atoms with Crippen LogP contribution in [0.4, 0.5) is 9.59 Å². The highest BCUT2D eigenvalue weighted by molar-refractivity contribution is 5.67. The van der Waals surface area contributed by atoms with E-state index in [1.165, 1.54) is 51.4 Å². The molecule has 7 heteroatoms. The summed E-state index contributed by atoms with van der Waals surface area (Å²) in [5.74, 6) is 0. The molecule has 0 aliphatic rings. The average molecular weight is 445 g/mol. The van der Waals surface area contributed by atoms with Crippen molar-refractivity contribution in [3.63, 3.8) is 0 Å². The minimum atomic E-state index is -0.350. The molecule has 0 aliphatic carbocycles. The lowest BCUT2D eigenvalue weighted by molar-refractivity contribution is 0.121. The first kappa shape index (κ1) is 29.5. The van der Waals surface area contributed by atoms with E-state index in [0.717, 1.165) is 38.5 Å². The number of carbonyl (C=O) groups is 2. The Kier molecular flexibility index (Phi) is 23.6. The van der Waals surface area contributed by atoms with E-state index in [4.69, 9.17) is 14.2 Å². The van der Waals surface area contributed by atoms with Gasteiger partial charge in [-0.05, 0) is 25.7 Å². The van der Waals surface area contributed by atoms with E-state index < -0.39 is 0 Å². The summed E-state index contributed by atoms with van der Waals surface area (Å²) >= 11 is 0. The highest BCUT2D eigenvalue weighted by Gasteiger charge is 2.02. The highest BCUT2D eigenvalue weighted by Crippen LogP contribution is 2.05. The zero-order valence-corrected chi connectivity index (χ0v) is 20.2. The third-order valence-electron chi connectivity index (χ3n) is 4.93. The van der Waals surface area contributed by atoms with Gasteiger partial charge in [0.05, 0.1) is 13.2 Å². The molecule has 0 saturated heterocycles. The van der Waals surface area contributed by atoms with Gasteiger partial charge in [0.1, 0.15) is 0 Å². The molecule has 31 heavy (non-hydrogen) atoms. The summed E-state index contributed by atoms with van der Waals surface area (Å²) in [6.07, 6.45) is 14.9. The molecule has 0 aromatic heterocycles. The van der Waals surface area contributed by atoms with Crippen molar-refractivity contribution in [3.05, 3.63) is 0 Å². The number of alkyl carbamates (subject to hydrolysis) is 2. The van der Waals surface area contributed by atoms with Gasteiger partial charge in [-0.2, -0.15) is 0 Å². The monoisotopic (exact) mass is 444 g/mol. The number of unbranched alkanes of at least 4 members (excludes halogenated alkanes) is 10. The van der Waals surface area contributed by atoms with Crippen molar-refractivity contribution in [1.82, 2.24) is 10.6 Å². The fraction of sp³-hybridized carbons (Fsp3) is 0.917. The molecule has 2 amide bonds. The molecule has 0 bridgehead atoms. The van der Waals surface area contributed by atoms with Crippen LogP contribution >= 0.6 is 0 Å². The quantitative estimate of drug-likeness (QED) is 0.201. The van der Waals surface area contributed by atoms with Gasteiger partial charge in [-0.25, -0.2) is 9.59 Å². The molecule has 0 spiro atoms. The Hall–Kier alpha value is -1.50. The Morgan fingerprint density at radius 2 is 0.903 bits per heavy atom. The predicted molar refractivity (Wildman–Crippen MR) is 126 cm³/mol. The third kappa shape index (κ3) is 24.6. The number of nitrogens with one attached hydrogen (secondary N) is 2. The predicted octanol–water partition coefficient (Wildman–Crippen LogP) is 5.96. The Balaban J connectivity index is 3.24. The third-order valence-corrected chi connectivity index (χ3v) is 4.93. The number of amides is 2. The first-order valence-electron chi connectivity index (χ1n) is 12.6. The van der Waals surface area contributed by atoms with Gasteiger partial charge >= 0.3 is 12.2 Å². The van der Waals surface area contributed by atoms with Crippen molar-refractivity contribution >= 4 is 12.2 Å². The van der Waals surface area contributed by atoms with Crippen LogP contribution in [0.25, 0.3) is 0 Å². The molecule has 0 atom stereocenters. The first-order chi connectivity index (χ1) is 15.2. The van der Waals surface area contributed by atoms with Crippen LogP contribution < -0.4 is 10.6 Å². The number of rotatable bonds is 22. The maximum atomic E-state index is 11.5. The number of hydrogen-bond donors (Lipinski definition) is 2. The van der Waals surface area contributed by atoms with Gasteiger partial charge in [-0.3, -0.25) is 0 Å². The lowest BCUT2D eigenvalue weighted by Crippen LogP contribution is -2.27. The zero-order valence-electron chi connectivity index (χ0n) is 20.2. The number of carbonyl (C=O) groups excluding carboxylic acids is 2. The maximum absolute atomic E-state index is 11.5. The molecule has 0 heterocycles. The molecule has 184 valence electrons. The normalized spacial score (nSPS) is 10.6. The molecule has 0 unspecified atom stereocenters. The molecule has 0 fully saturated rings. The molecule has 0 radical (unpaired) electrons. The summed E-state index contributed by atoms with van der Waals surface area (Å²) in [5.41, 5.74) is 0.